The number of nitrogens with one attached hydrogen (secondary N) is 1. The Morgan fingerprint density at radius 3 is 2.56 bits per heavy atom. The predicted octanol–water partition coefficient (Wildman–Crippen LogP) is 0.756. The van der Waals surface area contributed by atoms with Gasteiger partial charge in [-0.15, -0.1) is 0 Å². The van der Waals surface area contributed by atoms with E-state index in [1.54, 1.807) is 0 Å². The minimum atomic E-state index is 0.189. The van der Waals surface area contributed by atoms with Crippen LogP contribution in [0, 0.1) is 22.7 Å². The topological polar surface area (TPSA) is 35.8 Å². The average molecular weight is 124 g/mol. The van der Waals surface area contributed by atoms with Crippen molar-refractivity contribution in [3.05, 3.63) is 0 Å². The molecule has 1 saturated heterocycles. The van der Waals surface area contributed by atoms with Crippen molar-refractivity contribution in [1.29, 1.82) is 5.26 Å². The van der Waals surface area contributed by atoms with Crippen LogP contribution in [-0.4, -0.2) is 13.1 Å². The number of hydrogen-bond donors (Lipinski definition) is 1. The average Bonchev–Trinajstić information content (AvgIpc) is 2.08. The van der Waals surface area contributed by atoms with Crippen LogP contribution in [0.25, 0.3) is 0 Å². The van der Waals surface area contributed by atoms with Crippen LogP contribution in [0.4, 0.5) is 0 Å². The van der Waals surface area contributed by atoms with E-state index in [1.165, 1.54) is 0 Å². The lowest BCUT2D eigenvalue weighted by atomic mass is 9.83. The summed E-state index contributed by atoms with van der Waals surface area (Å²) in [5.41, 5.74) is 0.189. The van der Waals surface area contributed by atoms with Crippen LogP contribution >= 0.6 is 0 Å². The molecule has 1 rings (SSSR count). The third kappa shape index (κ3) is 1.06. The molecule has 0 bridgehead atoms. The highest BCUT2D eigenvalue weighted by Gasteiger charge is 2.33. The van der Waals surface area contributed by atoms with Gasteiger partial charge >= 0.3 is 0 Å². The van der Waals surface area contributed by atoms with E-state index in [-0.39, 0.29) is 11.3 Å². The maximum Gasteiger partial charge on any atom is 0.0675 e. The number of hydrogen-bond acceptors (Lipinski definition) is 2. The molecule has 50 valence electrons. The Labute approximate surface area is 55.9 Å². The standard InChI is InChI=1S/C7H12N2/c1-7(2)5-9-4-6(7)3-8/h6,9H,4-5H2,1-2H3/t6-/m1/s1. The molecular weight excluding hydrogens is 112 g/mol. The first-order valence-corrected chi connectivity index (χ1v) is 3.27. The minimum Gasteiger partial charge on any atom is -0.315 e. The first-order chi connectivity index (χ1) is 4.17. The summed E-state index contributed by atoms with van der Waals surface area (Å²) >= 11 is 0. The zero-order valence-corrected chi connectivity index (χ0v) is 5.94. The molecule has 1 fully saturated rings. The van der Waals surface area contributed by atoms with Gasteiger partial charge in [-0.3, -0.25) is 0 Å². The van der Waals surface area contributed by atoms with E-state index in [9.17, 15) is 0 Å². The largest absolute Gasteiger partial charge is 0.315 e. The Kier molecular flexibility index (Phi) is 1.46. The number of nitrogens with zero attached hydrogens (tertiary/aromatic N) is 1. The Hall–Kier alpha value is -0.550. The minimum absolute atomic E-state index is 0.189. The van der Waals surface area contributed by atoms with Crippen molar-refractivity contribution in [2.24, 2.45) is 11.3 Å². The highest BCUT2D eigenvalue weighted by atomic mass is 14.9. The van der Waals surface area contributed by atoms with Crippen molar-refractivity contribution in [3.8, 4) is 6.07 Å². The molecule has 9 heavy (non-hydrogen) atoms. The van der Waals surface area contributed by atoms with Gasteiger partial charge in [0.2, 0.25) is 0 Å². The van der Waals surface area contributed by atoms with Crippen molar-refractivity contribution in [2.75, 3.05) is 13.1 Å². The third-order valence-corrected chi connectivity index (χ3v) is 2.03. The molecule has 0 aliphatic carbocycles. The van der Waals surface area contributed by atoms with Gasteiger partial charge < -0.3 is 5.32 Å². The van der Waals surface area contributed by atoms with Gasteiger partial charge in [-0.05, 0) is 5.41 Å². The summed E-state index contributed by atoms with van der Waals surface area (Å²) in [7, 11) is 0. The summed E-state index contributed by atoms with van der Waals surface area (Å²) in [5.74, 6) is 0.206. The molecule has 0 amide bonds. The molecule has 0 aromatic rings. The Balaban J connectivity index is 2.65. The fourth-order valence-electron chi connectivity index (χ4n) is 1.16. The summed E-state index contributed by atoms with van der Waals surface area (Å²) in [6.45, 7) is 6.09. The molecule has 0 aromatic heterocycles. The quantitative estimate of drug-likeness (QED) is 0.517. The molecule has 1 atom stereocenters. The monoisotopic (exact) mass is 124 g/mol. The lowest BCUT2D eigenvalue weighted by molar-refractivity contribution is 0.347. The van der Waals surface area contributed by atoms with Crippen LogP contribution < -0.4 is 5.32 Å². The number of nitriles is 1. The maximum atomic E-state index is 8.61. The lowest BCUT2D eigenvalue weighted by Crippen LogP contribution is -2.20. The molecule has 1 N–H and O–H groups in total. The van der Waals surface area contributed by atoms with Gasteiger partial charge in [0.25, 0.3) is 0 Å². The second-order valence-corrected chi connectivity index (χ2v) is 3.30. The SMILES string of the molecule is CC1(C)CNC[C@H]1C#N. The van der Waals surface area contributed by atoms with Crippen LogP contribution in [0.15, 0.2) is 0 Å². The zero-order valence-electron chi connectivity index (χ0n) is 5.94. The first kappa shape index (κ1) is 6.57. The molecule has 0 spiro atoms. The molecule has 2 nitrogen and oxygen atoms in total. The van der Waals surface area contributed by atoms with E-state index in [4.69, 9.17) is 5.26 Å². The second kappa shape index (κ2) is 2.00. The smallest absolute Gasteiger partial charge is 0.0675 e. The van der Waals surface area contributed by atoms with Crippen molar-refractivity contribution < 1.29 is 0 Å². The highest BCUT2D eigenvalue weighted by Crippen LogP contribution is 2.28. The molecular formula is C7H12N2. The zero-order chi connectivity index (χ0) is 6.91. The van der Waals surface area contributed by atoms with E-state index >= 15 is 0 Å². The molecule has 0 radical (unpaired) electrons. The van der Waals surface area contributed by atoms with E-state index < -0.39 is 0 Å². The predicted molar refractivity (Wildman–Crippen MR) is 35.8 cm³/mol. The molecule has 1 aliphatic rings. The van der Waals surface area contributed by atoms with Crippen LogP contribution in [0.3, 0.4) is 0 Å². The number of rotatable bonds is 0. The summed E-state index contributed by atoms with van der Waals surface area (Å²) in [5, 5.41) is 11.8. The van der Waals surface area contributed by atoms with Crippen LogP contribution in [0.2, 0.25) is 0 Å². The van der Waals surface area contributed by atoms with Crippen molar-refractivity contribution in [3.63, 3.8) is 0 Å². The summed E-state index contributed by atoms with van der Waals surface area (Å²) in [4.78, 5) is 0. The fraction of sp³-hybridized carbons (Fsp3) is 0.857. The van der Waals surface area contributed by atoms with Crippen molar-refractivity contribution in [2.45, 2.75) is 13.8 Å². The van der Waals surface area contributed by atoms with E-state index in [1.807, 2.05) is 0 Å². The third-order valence-electron chi connectivity index (χ3n) is 2.03. The first-order valence-electron chi connectivity index (χ1n) is 3.27. The molecule has 1 aliphatic heterocycles. The summed E-state index contributed by atoms with van der Waals surface area (Å²) in [6, 6.07) is 2.29. The maximum absolute atomic E-state index is 8.61. The van der Waals surface area contributed by atoms with E-state index in [2.05, 4.69) is 25.2 Å². The molecule has 0 aromatic carbocycles. The Morgan fingerprint density at radius 2 is 2.33 bits per heavy atom. The van der Waals surface area contributed by atoms with Crippen LogP contribution in [0.5, 0.6) is 0 Å². The van der Waals surface area contributed by atoms with Gasteiger partial charge in [0.15, 0.2) is 0 Å². The fourth-order valence-corrected chi connectivity index (χ4v) is 1.16. The van der Waals surface area contributed by atoms with Gasteiger partial charge in [-0.1, -0.05) is 13.8 Å². The highest BCUT2D eigenvalue weighted by molar-refractivity contribution is 5.00. The van der Waals surface area contributed by atoms with Gasteiger partial charge in [-0.2, -0.15) is 5.26 Å². The van der Waals surface area contributed by atoms with Gasteiger partial charge in [0.05, 0.1) is 12.0 Å². The summed E-state index contributed by atoms with van der Waals surface area (Å²) in [6.07, 6.45) is 0. The van der Waals surface area contributed by atoms with Gasteiger partial charge in [-0.25, -0.2) is 0 Å². The Bertz CT molecular complexity index is 143. The normalized spacial score (nSPS) is 31.9. The van der Waals surface area contributed by atoms with Crippen LogP contribution in [0.1, 0.15) is 13.8 Å². The van der Waals surface area contributed by atoms with Gasteiger partial charge in [0.1, 0.15) is 0 Å². The Morgan fingerprint density at radius 1 is 1.67 bits per heavy atom. The van der Waals surface area contributed by atoms with Crippen LogP contribution in [-0.2, 0) is 0 Å². The van der Waals surface area contributed by atoms with Gasteiger partial charge in [0, 0.05) is 13.1 Å². The van der Waals surface area contributed by atoms with E-state index in [0.717, 1.165) is 13.1 Å². The lowest BCUT2D eigenvalue weighted by Gasteiger charge is -2.18. The second-order valence-electron chi connectivity index (χ2n) is 3.30. The van der Waals surface area contributed by atoms with Crippen molar-refractivity contribution >= 4 is 0 Å². The van der Waals surface area contributed by atoms with E-state index in [0.29, 0.717) is 0 Å². The molecule has 2 heteroatoms. The molecule has 1 heterocycles. The molecule has 0 saturated carbocycles. The molecule has 0 unspecified atom stereocenters. The van der Waals surface area contributed by atoms with Crippen molar-refractivity contribution in [1.82, 2.24) is 5.32 Å². The summed E-state index contributed by atoms with van der Waals surface area (Å²) < 4.78 is 0.